The molecule has 1 heterocycles. The Kier molecular flexibility index (Phi) is 7.50. The molecule has 1 saturated heterocycles. The van der Waals surface area contributed by atoms with Gasteiger partial charge in [0.1, 0.15) is 0 Å². The van der Waals surface area contributed by atoms with Crippen LogP contribution in [0, 0.1) is 6.92 Å². The van der Waals surface area contributed by atoms with Gasteiger partial charge < -0.3 is 10.2 Å². The van der Waals surface area contributed by atoms with Crippen LogP contribution in [0.5, 0.6) is 0 Å². The van der Waals surface area contributed by atoms with Crippen molar-refractivity contribution in [3.05, 3.63) is 53.6 Å². The highest BCUT2D eigenvalue weighted by Crippen LogP contribution is 2.21. The maximum atomic E-state index is 12.7. The van der Waals surface area contributed by atoms with Crippen molar-refractivity contribution in [2.24, 2.45) is 0 Å². The molecule has 0 saturated carbocycles. The third-order valence-corrected chi connectivity index (χ3v) is 7.05. The molecule has 0 atom stereocenters. The van der Waals surface area contributed by atoms with Gasteiger partial charge in [0.25, 0.3) is 0 Å². The molecular formula is C23H31N3O3S. The molecule has 1 amide bonds. The number of carbonyl (C=O) groups excluding carboxylic acids is 1. The molecule has 2 aromatic carbocycles. The molecule has 0 bridgehead atoms. The molecule has 6 nitrogen and oxygen atoms in total. The molecule has 2 N–H and O–H groups in total. The van der Waals surface area contributed by atoms with Gasteiger partial charge in [0.15, 0.2) is 0 Å². The van der Waals surface area contributed by atoms with E-state index in [2.05, 4.69) is 39.2 Å². The maximum absolute atomic E-state index is 12.7. The lowest BCUT2D eigenvalue weighted by molar-refractivity contribution is -0.115. The summed E-state index contributed by atoms with van der Waals surface area (Å²) >= 11 is 0. The van der Waals surface area contributed by atoms with Crippen LogP contribution < -0.4 is 14.9 Å². The van der Waals surface area contributed by atoms with Gasteiger partial charge in [-0.3, -0.25) is 4.79 Å². The van der Waals surface area contributed by atoms with Crippen LogP contribution in [0.1, 0.15) is 43.7 Å². The van der Waals surface area contributed by atoms with Gasteiger partial charge in [0.05, 0.1) is 4.90 Å². The highest BCUT2D eigenvalue weighted by atomic mass is 32.2. The van der Waals surface area contributed by atoms with Crippen molar-refractivity contribution in [2.75, 3.05) is 29.9 Å². The van der Waals surface area contributed by atoms with E-state index in [4.69, 9.17) is 0 Å². The number of anilines is 2. The van der Waals surface area contributed by atoms with E-state index in [9.17, 15) is 13.2 Å². The summed E-state index contributed by atoms with van der Waals surface area (Å²) in [6.45, 7) is 6.06. The molecule has 0 spiro atoms. The molecule has 2 aromatic rings. The molecule has 1 aliphatic heterocycles. The van der Waals surface area contributed by atoms with Crippen molar-refractivity contribution in [1.29, 1.82) is 0 Å². The highest BCUT2D eigenvalue weighted by molar-refractivity contribution is 7.89. The van der Waals surface area contributed by atoms with Crippen LogP contribution in [0.25, 0.3) is 0 Å². The molecule has 0 aliphatic carbocycles. The van der Waals surface area contributed by atoms with Gasteiger partial charge in [-0.25, -0.2) is 13.1 Å². The number of sulfonamides is 1. The number of benzene rings is 2. The van der Waals surface area contributed by atoms with Crippen molar-refractivity contribution in [2.45, 2.75) is 50.8 Å². The third kappa shape index (κ3) is 5.83. The number of rotatable bonds is 8. The van der Waals surface area contributed by atoms with Gasteiger partial charge in [-0.2, -0.15) is 0 Å². The summed E-state index contributed by atoms with van der Waals surface area (Å²) in [4.78, 5) is 14.2. The third-order valence-electron chi connectivity index (χ3n) is 5.43. The van der Waals surface area contributed by atoms with Gasteiger partial charge >= 0.3 is 0 Å². The number of hydrogen-bond donors (Lipinski definition) is 2. The zero-order chi connectivity index (χ0) is 21.6. The smallest absolute Gasteiger partial charge is 0.240 e. The Morgan fingerprint density at radius 2 is 1.73 bits per heavy atom. The van der Waals surface area contributed by atoms with Gasteiger partial charge in [-0.05, 0) is 74.1 Å². The summed E-state index contributed by atoms with van der Waals surface area (Å²) < 4.78 is 28.1. The predicted octanol–water partition coefficient (Wildman–Crippen LogP) is 3.85. The Labute approximate surface area is 179 Å². The first kappa shape index (κ1) is 22.3. The van der Waals surface area contributed by atoms with E-state index >= 15 is 0 Å². The molecule has 0 aromatic heterocycles. The van der Waals surface area contributed by atoms with Crippen LogP contribution in [0.15, 0.2) is 47.4 Å². The number of nitrogens with zero attached hydrogens (tertiary/aromatic N) is 1. The molecular weight excluding hydrogens is 398 g/mol. The molecule has 1 aliphatic rings. The van der Waals surface area contributed by atoms with Gasteiger partial charge in [0, 0.05) is 37.4 Å². The van der Waals surface area contributed by atoms with E-state index in [1.54, 1.807) is 26.0 Å². The van der Waals surface area contributed by atoms with E-state index in [-0.39, 0.29) is 10.8 Å². The molecule has 30 heavy (non-hydrogen) atoms. The first-order chi connectivity index (χ1) is 14.4. The van der Waals surface area contributed by atoms with Crippen LogP contribution in [0.4, 0.5) is 11.4 Å². The summed E-state index contributed by atoms with van der Waals surface area (Å²) in [7, 11) is -3.61. The molecule has 162 valence electrons. The van der Waals surface area contributed by atoms with E-state index < -0.39 is 10.0 Å². The topological polar surface area (TPSA) is 78.5 Å². The Morgan fingerprint density at radius 1 is 1.03 bits per heavy atom. The number of carbonyl (C=O) groups is 1. The average Bonchev–Trinajstić information content (AvgIpc) is 2.74. The maximum Gasteiger partial charge on any atom is 0.240 e. The monoisotopic (exact) mass is 429 g/mol. The SMILES string of the molecule is CCC(=O)Nc1ccc(S(=O)(=O)NCCc2ccc(N3CCCCC3)cc2)c(C)c1. The molecule has 7 heteroatoms. The second-order valence-corrected chi connectivity index (χ2v) is 9.48. The number of aryl methyl sites for hydroxylation is 1. The summed E-state index contributed by atoms with van der Waals surface area (Å²) in [6, 6.07) is 13.3. The average molecular weight is 430 g/mol. The minimum Gasteiger partial charge on any atom is -0.372 e. The Bertz CT molecular complexity index is 966. The van der Waals surface area contributed by atoms with Crippen LogP contribution >= 0.6 is 0 Å². The zero-order valence-corrected chi connectivity index (χ0v) is 18.6. The molecule has 0 unspecified atom stereocenters. The fourth-order valence-electron chi connectivity index (χ4n) is 3.71. The normalized spacial score (nSPS) is 14.5. The number of hydrogen-bond acceptors (Lipinski definition) is 4. The van der Waals surface area contributed by atoms with E-state index in [1.807, 2.05) is 0 Å². The van der Waals surface area contributed by atoms with Crippen LogP contribution in [0.2, 0.25) is 0 Å². The lowest BCUT2D eigenvalue weighted by Gasteiger charge is -2.28. The highest BCUT2D eigenvalue weighted by Gasteiger charge is 2.17. The molecule has 3 rings (SSSR count). The largest absolute Gasteiger partial charge is 0.372 e. The quantitative estimate of drug-likeness (QED) is 0.668. The minimum absolute atomic E-state index is 0.102. The number of nitrogens with one attached hydrogen (secondary N) is 2. The Hall–Kier alpha value is -2.38. The first-order valence-corrected chi connectivity index (χ1v) is 12.1. The Balaban J connectivity index is 1.56. The van der Waals surface area contributed by atoms with Crippen molar-refractivity contribution in [3.8, 4) is 0 Å². The lowest BCUT2D eigenvalue weighted by atomic mass is 10.1. The van der Waals surface area contributed by atoms with E-state index in [0.29, 0.717) is 30.6 Å². The number of piperidine rings is 1. The summed E-state index contributed by atoms with van der Waals surface area (Å²) in [5.74, 6) is -0.102. The summed E-state index contributed by atoms with van der Waals surface area (Å²) in [6.07, 6.45) is 4.80. The summed E-state index contributed by atoms with van der Waals surface area (Å²) in [5, 5.41) is 2.75. The fourth-order valence-corrected chi connectivity index (χ4v) is 4.97. The van der Waals surface area contributed by atoms with Crippen LogP contribution in [-0.2, 0) is 21.2 Å². The first-order valence-electron chi connectivity index (χ1n) is 10.6. The van der Waals surface area contributed by atoms with Gasteiger partial charge in [0.2, 0.25) is 15.9 Å². The Morgan fingerprint density at radius 3 is 2.37 bits per heavy atom. The van der Waals surface area contributed by atoms with Gasteiger partial charge in [-0.1, -0.05) is 19.1 Å². The predicted molar refractivity (Wildman–Crippen MR) is 121 cm³/mol. The van der Waals surface area contributed by atoms with Crippen LogP contribution in [0.3, 0.4) is 0 Å². The minimum atomic E-state index is -3.61. The van der Waals surface area contributed by atoms with E-state index in [1.165, 1.54) is 31.0 Å². The van der Waals surface area contributed by atoms with Crippen molar-refractivity contribution < 1.29 is 13.2 Å². The molecule has 0 radical (unpaired) electrons. The second kappa shape index (κ2) is 10.1. The summed E-state index contributed by atoms with van der Waals surface area (Å²) in [5.41, 5.74) is 3.55. The standard InChI is InChI=1S/C23H31N3O3S/c1-3-23(27)25-20-9-12-22(18(2)17-20)30(28,29)24-14-13-19-7-10-21(11-8-19)26-15-5-4-6-16-26/h7-12,17,24H,3-6,13-16H2,1-2H3,(H,25,27). The zero-order valence-electron chi connectivity index (χ0n) is 17.8. The molecule has 1 fully saturated rings. The van der Waals surface area contributed by atoms with E-state index in [0.717, 1.165) is 18.7 Å². The fraction of sp³-hybridized carbons (Fsp3) is 0.435. The van der Waals surface area contributed by atoms with Crippen molar-refractivity contribution >= 4 is 27.3 Å². The van der Waals surface area contributed by atoms with Gasteiger partial charge in [-0.15, -0.1) is 0 Å². The van der Waals surface area contributed by atoms with Crippen LogP contribution in [-0.4, -0.2) is 34.0 Å². The second-order valence-electron chi connectivity index (χ2n) is 7.74. The van der Waals surface area contributed by atoms with Crippen molar-refractivity contribution in [3.63, 3.8) is 0 Å². The lowest BCUT2D eigenvalue weighted by Crippen LogP contribution is -2.29. The van der Waals surface area contributed by atoms with Crippen molar-refractivity contribution in [1.82, 2.24) is 4.72 Å². The number of amides is 1.